The van der Waals surface area contributed by atoms with Gasteiger partial charge >= 0.3 is 0 Å². The zero-order valence-corrected chi connectivity index (χ0v) is 16.9. The Hall–Kier alpha value is -1.96. The lowest BCUT2D eigenvalue weighted by molar-refractivity contribution is -0.143. The average molecular weight is 406 g/mol. The summed E-state index contributed by atoms with van der Waals surface area (Å²) < 4.78 is 5.07. The molecule has 0 radical (unpaired) electrons. The first kappa shape index (κ1) is 19.4. The van der Waals surface area contributed by atoms with Gasteiger partial charge in [-0.25, -0.2) is 0 Å². The Morgan fingerprint density at radius 1 is 1.25 bits per heavy atom. The number of methoxy groups -OCH3 is 1. The van der Waals surface area contributed by atoms with Crippen LogP contribution in [0, 0.1) is 17.8 Å². The van der Waals surface area contributed by atoms with Crippen molar-refractivity contribution in [3.05, 3.63) is 28.8 Å². The number of hydrogen-bond donors (Lipinski definition) is 2. The van der Waals surface area contributed by atoms with E-state index in [0.29, 0.717) is 28.6 Å². The van der Waals surface area contributed by atoms with Crippen molar-refractivity contribution in [1.29, 1.82) is 0 Å². The second kappa shape index (κ2) is 6.83. The van der Waals surface area contributed by atoms with Crippen molar-refractivity contribution >= 4 is 35.0 Å². The number of halogens is 1. The number of ether oxygens (including phenoxy) is 1. The van der Waals surface area contributed by atoms with Crippen LogP contribution in [0.25, 0.3) is 0 Å². The van der Waals surface area contributed by atoms with Crippen LogP contribution in [0.1, 0.15) is 25.8 Å². The Kier molecular flexibility index (Phi) is 4.72. The van der Waals surface area contributed by atoms with Gasteiger partial charge in [-0.2, -0.15) is 0 Å². The molecule has 4 atom stereocenters. The number of benzene rings is 1. The maximum absolute atomic E-state index is 13.3. The van der Waals surface area contributed by atoms with Crippen molar-refractivity contribution in [3.8, 4) is 0 Å². The van der Waals surface area contributed by atoms with Crippen LogP contribution in [0.2, 0.25) is 5.02 Å². The molecule has 1 aromatic carbocycles. The van der Waals surface area contributed by atoms with Crippen LogP contribution in [0.4, 0.5) is 5.69 Å². The number of imide groups is 1. The molecular weight excluding hydrogens is 382 g/mol. The van der Waals surface area contributed by atoms with E-state index in [4.69, 9.17) is 16.3 Å². The number of nitrogens with one attached hydrogen (secondary N) is 2. The fraction of sp³-hybridized carbons (Fsp3) is 0.550. The molecule has 4 unspecified atom stereocenters. The molecule has 2 saturated heterocycles. The molecule has 0 bridgehead atoms. The maximum atomic E-state index is 13.3. The number of anilines is 1. The van der Waals surface area contributed by atoms with E-state index < -0.39 is 17.4 Å². The molecular formula is C20H24ClN3O4. The van der Waals surface area contributed by atoms with Crippen LogP contribution in [0.3, 0.4) is 0 Å². The van der Waals surface area contributed by atoms with E-state index in [1.165, 1.54) is 12.0 Å². The highest BCUT2D eigenvalue weighted by Crippen LogP contribution is 2.54. The van der Waals surface area contributed by atoms with Gasteiger partial charge in [0.2, 0.25) is 17.7 Å². The topological polar surface area (TPSA) is 87.7 Å². The van der Waals surface area contributed by atoms with Crippen molar-refractivity contribution in [2.75, 3.05) is 25.6 Å². The van der Waals surface area contributed by atoms with Gasteiger partial charge in [0.15, 0.2) is 0 Å². The minimum absolute atomic E-state index is 0.190. The highest BCUT2D eigenvalue weighted by atomic mass is 35.5. The summed E-state index contributed by atoms with van der Waals surface area (Å²) in [7, 11) is 1.53. The van der Waals surface area contributed by atoms with E-state index in [-0.39, 0.29) is 36.9 Å². The molecule has 2 N–H and O–H groups in total. The molecule has 3 aliphatic heterocycles. The molecule has 1 spiro atoms. The lowest BCUT2D eigenvalue weighted by Crippen LogP contribution is -2.53. The predicted molar refractivity (Wildman–Crippen MR) is 104 cm³/mol. The Balaban J connectivity index is 1.84. The Morgan fingerprint density at radius 2 is 2.00 bits per heavy atom. The average Bonchev–Trinajstić information content (AvgIpc) is 3.19. The van der Waals surface area contributed by atoms with Gasteiger partial charge in [-0.1, -0.05) is 25.4 Å². The maximum Gasteiger partial charge on any atom is 0.250 e. The fourth-order valence-electron chi connectivity index (χ4n) is 4.95. The molecule has 0 aromatic heterocycles. The fourth-order valence-corrected chi connectivity index (χ4v) is 5.12. The van der Waals surface area contributed by atoms with Crippen LogP contribution in [-0.4, -0.2) is 48.9 Å². The Bertz CT molecular complexity index is 858. The van der Waals surface area contributed by atoms with Gasteiger partial charge in [0.1, 0.15) is 5.54 Å². The molecule has 3 heterocycles. The zero-order valence-electron chi connectivity index (χ0n) is 16.1. The summed E-state index contributed by atoms with van der Waals surface area (Å²) in [5.41, 5.74) is -0.0126. The standard InChI is InChI=1S/C20H24ClN3O4/c1-10(2)8-14-15-16(18(26)24(17(15)25)6-7-28-3)20(23-14)12-9-11(21)4-5-13(12)22-19(20)27/h4-5,9-10,14-16,23H,6-8H2,1-3H3,(H,22,27). The van der Waals surface area contributed by atoms with E-state index in [2.05, 4.69) is 24.5 Å². The number of fused-ring (bicyclic) bond motifs is 4. The normalized spacial score (nSPS) is 31.1. The van der Waals surface area contributed by atoms with Crippen molar-refractivity contribution in [3.63, 3.8) is 0 Å². The van der Waals surface area contributed by atoms with E-state index in [1.807, 2.05) is 0 Å². The molecule has 0 aliphatic carbocycles. The van der Waals surface area contributed by atoms with Gasteiger partial charge in [0.05, 0.1) is 25.0 Å². The number of nitrogens with zero attached hydrogens (tertiary/aromatic N) is 1. The van der Waals surface area contributed by atoms with Crippen LogP contribution >= 0.6 is 11.6 Å². The second-order valence-electron chi connectivity index (χ2n) is 8.16. The number of carbonyl (C=O) groups excluding carboxylic acids is 3. The third kappa shape index (κ3) is 2.60. The molecule has 1 aromatic rings. The van der Waals surface area contributed by atoms with Crippen LogP contribution in [0.15, 0.2) is 18.2 Å². The van der Waals surface area contributed by atoms with Crippen LogP contribution in [0.5, 0.6) is 0 Å². The van der Waals surface area contributed by atoms with E-state index in [9.17, 15) is 14.4 Å². The van der Waals surface area contributed by atoms with Gasteiger partial charge in [0, 0.05) is 29.4 Å². The summed E-state index contributed by atoms with van der Waals surface area (Å²) in [5.74, 6) is -1.94. The van der Waals surface area contributed by atoms with Gasteiger partial charge < -0.3 is 10.1 Å². The third-order valence-electron chi connectivity index (χ3n) is 6.01. The smallest absolute Gasteiger partial charge is 0.250 e. The summed E-state index contributed by atoms with van der Waals surface area (Å²) in [6, 6.07) is 4.88. The number of likely N-dealkylation sites (tertiary alicyclic amines) is 1. The summed E-state index contributed by atoms with van der Waals surface area (Å²) in [6.07, 6.45) is 0.684. The number of rotatable bonds is 5. The second-order valence-corrected chi connectivity index (χ2v) is 8.59. The largest absolute Gasteiger partial charge is 0.383 e. The molecule has 3 aliphatic rings. The minimum atomic E-state index is -1.28. The zero-order chi connectivity index (χ0) is 20.2. The molecule has 8 heteroatoms. The third-order valence-corrected chi connectivity index (χ3v) is 6.25. The van der Waals surface area contributed by atoms with Crippen LogP contribution in [-0.2, 0) is 24.7 Å². The highest BCUT2D eigenvalue weighted by Gasteiger charge is 2.70. The van der Waals surface area contributed by atoms with Crippen LogP contribution < -0.4 is 10.6 Å². The predicted octanol–water partition coefficient (Wildman–Crippen LogP) is 1.75. The first-order chi connectivity index (χ1) is 13.3. The molecule has 7 nitrogen and oxygen atoms in total. The summed E-state index contributed by atoms with van der Waals surface area (Å²) in [6.45, 7) is 4.58. The highest BCUT2D eigenvalue weighted by molar-refractivity contribution is 6.31. The van der Waals surface area contributed by atoms with Gasteiger partial charge in [-0.05, 0) is 30.5 Å². The van der Waals surface area contributed by atoms with Gasteiger partial charge in [-0.15, -0.1) is 0 Å². The Morgan fingerprint density at radius 3 is 2.68 bits per heavy atom. The molecule has 150 valence electrons. The molecule has 28 heavy (non-hydrogen) atoms. The molecule has 0 saturated carbocycles. The quantitative estimate of drug-likeness (QED) is 0.729. The molecule has 3 amide bonds. The lowest BCUT2D eigenvalue weighted by Gasteiger charge is -2.30. The van der Waals surface area contributed by atoms with Crippen molar-refractivity contribution in [2.45, 2.75) is 31.8 Å². The van der Waals surface area contributed by atoms with Crippen molar-refractivity contribution < 1.29 is 19.1 Å². The number of carbonyl (C=O) groups is 3. The lowest BCUT2D eigenvalue weighted by atomic mass is 9.76. The van der Waals surface area contributed by atoms with Gasteiger partial charge in [-0.3, -0.25) is 24.6 Å². The first-order valence-corrected chi connectivity index (χ1v) is 9.92. The SMILES string of the molecule is COCCN1C(=O)C2C(CC(C)C)NC3(C(=O)Nc4ccc(Cl)cc43)C2C1=O. The van der Waals surface area contributed by atoms with Crippen molar-refractivity contribution in [2.24, 2.45) is 17.8 Å². The van der Waals surface area contributed by atoms with E-state index >= 15 is 0 Å². The minimum Gasteiger partial charge on any atom is -0.383 e. The molecule has 4 rings (SSSR count). The summed E-state index contributed by atoms with van der Waals surface area (Å²) >= 11 is 6.21. The Labute approximate surface area is 168 Å². The summed E-state index contributed by atoms with van der Waals surface area (Å²) in [4.78, 5) is 40.9. The van der Waals surface area contributed by atoms with Gasteiger partial charge in [0.25, 0.3) is 0 Å². The molecule has 2 fully saturated rings. The van der Waals surface area contributed by atoms with Crippen molar-refractivity contribution in [1.82, 2.24) is 10.2 Å². The monoisotopic (exact) mass is 405 g/mol. The first-order valence-electron chi connectivity index (χ1n) is 9.54. The van der Waals surface area contributed by atoms with E-state index in [0.717, 1.165) is 0 Å². The number of hydrogen-bond acceptors (Lipinski definition) is 5. The summed E-state index contributed by atoms with van der Waals surface area (Å²) in [5, 5.41) is 6.75. The van der Waals surface area contributed by atoms with E-state index in [1.54, 1.807) is 18.2 Å². The number of amides is 3.